The van der Waals surface area contributed by atoms with Crippen LogP contribution in [0.1, 0.15) is 10.5 Å². The van der Waals surface area contributed by atoms with Gasteiger partial charge >= 0.3 is 5.97 Å². The van der Waals surface area contributed by atoms with E-state index >= 15 is 0 Å². The van der Waals surface area contributed by atoms with Gasteiger partial charge in [-0.05, 0) is 12.1 Å². The van der Waals surface area contributed by atoms with Gasteiger partial charge in [-0.25, -0.2) is 14.8 Å². The van der Waals surface area contributed by atoms with Crippen molar-refractivity contribution >= 4 is 34.8 Å². The van der Waals surface area contributed by atoms with Gasteiger partial charge in [-0.3, -0.25) is 10.1 Å². The molecule has 0 saturated carbocycles. The van der Waals surface area contributed by atoms with Gasteiger partial charge in [0.1, 0.15) is 5.69 Å². The van der Waals surface area contributed by atoms with Gasteiger partial charge in [0, 0.05) is 30.5 Å². The van der Waals surface area contributed by atoms with E-state index in [1.165, 1.54) is 42.5 Å². The van der Waals surface area contributed by atoms with Crippen LogP contribution in [-0.2, 0) is 0 Å². The van der Waals surface area contributed by atoms with E-state index in [1.807, 2.05) is 0 Å². The molecule has 0 saturated heterocycles. The molecule has 0 aliphatic rings. The molecule has 1 N–H and O–H groups in total. The largest absolute Gasteiger partial charge is 0.476 e. The van der Waals surface area contributed by atoms with Gasteiger partial charge in [0.15, 0.2) is 11.5 Å². The Morgan fingerprint density at radius 2 is 2.05 bits per heavy atom. The van der Waals surface area contributed by atoms with Crippen LogP contribution in [0.3, 0.4) is 0 Å². The lowest BCUT2D eigenvalue weighted by atomic mass is 10.2. The number of hydrogen-bond donors (Lipinski definition) is 1. The van der Waals surface area contributed by atoms with Crippen LogP contribution in [0.15, 0.2) is 30.6 Å². The maximum absolute atomic E-state index is 11.1. The molecule has 0 radical (unpaired) electrons. The smallest absolute Gasteiger partial charge is 0.358 e. The highest BCUT2D eigenvalue weighted by atomic mass is 35.5. The van der Waals surface area contributed by atoms with E-state index in [0.29, 0.717) is 0 Å². The number of anilines is 2. The third-order valence-electron chi connectivity index (χ3n) is 2.69. The highest BCUT2D eigenvalue weighted by Gasteiger charge is 2.23. The highest BCUT2D eigenvalue weighted by molar-refractivity contribution is 6.31. The Kier molecular flexibility index (Phi) is 3.99. The second kappa shape index (κ2) is 5.71. The fraction of sp³-hybridized carbons (Fsp3) is 0.0833. The predicted octanol–water partition coefficient (Wildman–Crippen LogP) is 2.50. The number of benzene rings is 1. The van der Waals surface area contributed by atoms with E-state index in [1.54, 1.807) is 0 Å². The average Bonchev–Trinajstić information content (AvgIpc) is 2.46. The molecule has 2 aromatic rings. The Labute approximate surface area is 123 Å². The third-order valence-corrected chi connectivity index (χ3v) is 2.93. The molecular formula is C12H9ClN4O4. The number of aromatic carboxylic acids is 1. The molecule has 2 rings (SSSR count). The number of rotatable bonds is 4. The normalized spacial score (nSPS) is 10.2. The summed E-state index contributed by atoms with van der Waals surface area (Å²) in [6.07, 6.45) is 2.54. The summed E-state index contributed by atoms with van der Waals surface area (Å²) in [6, 6.07) is 4.07. The van der Waals surface area contributed by atoms with E-state index < -0.39 is 10.9 Å². The van der Waals surface area contributed by atoms with Gasteiger partial charge in [0.05, 0.1) is 4.92 Å². The minimum Gasteiger partial charge on any atom is -0.476 e. The molecule has 0 aliphatic carbocycles. The molecular weight excluding hydrogens is 300 g/mol. The van der Waals surface area contributed by atoms with Gasteiger partial charge in [0.25, 0.3) is 5.69 Å². The zero-order chi connectivity index (χ0) is 15.6. The van der Waals surface area contributed by atoms with Crippen LogP contribution in [0.4, 0.5) is 17.2 Å². The average molecular weight is 309 g/mol. The SMILES string of the molecule is CN(c1ccc(Cl)cc1[N+](=O)[O-])c1nccnc1C(=O)O. The molecule has 9 heteroatoms. The van der Waals surface area contributed by atoms with E-state index in [2.05, 4.69) is 9.97 Å². The number of carbonyl (C=O) groups is 1. The second-order valence-electron chi connectivity index (χ2n) is 3.98. The Balaban J connectivity index is 2.58. The van der Waals surface area contributed by atoms with Crippen molar-refractivity contribution in [2.45, 2.75) is 0 Å². The summed E-state index contributed by atoms with van der Waals surface area (Å²) in [7, 11) is 1.46. The minimum atomic E-state index is -1.28. The summed E-state index contributed by atoms with van der Waals surface area (Å²) >= 11 is 5.75. The van der Waals surface area contributed by atoms with Crippen molar-refractivity contribution < 1.29 is 14.8 Å². The number of aromatic nitrogens is 2. The predicted molar refractivity (Wildman–Crippen MR) is 75.2 cm³/mol. The zero-order valence-corrected chi connectivity index (χ0v) is 11.5. The number of nitro groups is 1. The summed E-state index contributed by atoms with van der Waals surface area (Å²) in [6.45, 7) is 0. The van der Waals surface area contributed by atoms with E-state index in [0.717, 1.165) is 0 Å². The number of halogens is 1. The van der Waals surface area contributed by atoms with Crippen molar-refractivity contribution in [2.75, 3.05) is 11.9 Å². The van der Waals surface area contributed by atoms with Crippen LogP contribution in [0.5, 0.6) is 0 Å². The Hall–Kier alpha value is -2.74. The first kappa shape index (κ1) is 14.7. The summed E-state index contributed by atoms with van der Waals surface area (Å²) in [5.41, 5.74) is -0.399. The van der Waals surface area contributed by atoms with Crippen molar-refractivity contribution in [3.63, 3.8) is 0 Å². The van der Waals surface area contributed by atoms with Gasteiger partial charge < -0.3 is 10.0 Å². The summed E-state index contributed by atoms with van der Waals surface area (Å²) in [4.78, 5) is 30.6. The topological polar surface area (TPSA) is 109 Å². The highest BCUT2D eigenvalue weighted by Crippen LogP contribution is 2.34. The minimum absolute atomic E-state index is 0.00424. The number of carboxylic acids is 1. The molecule has 108 valence electrons. The second-order valence-corrected chi connectivity index (χ2v) is 4.42. The molecule has 0 amide bonds. The number of carboxylic acid groups (broad SMARTS) is 1. The van der Waals surface area contributed by atoms with Crippen LogP contribution in [-0.4, -0.2) is 33.0 Å². The third kappa shape index (κ3) is 2.90. The maximum atomic E-state index is 11.1. The van der Waals surface area contributed by atoms with Crippen molar-refractivity contribution in [3.05, 3.63) is 51.4 Å². The molecule has 0 bridgehead atoms. The van der Waals surface area contributed by atoms with Gasteiger partial charge in [-0.1, -0.05) is 11.6 Å². The molecule has 0 unspecified atom stereocenters. The number of nitrogens with zero attached hydrogens (tertiary/aromatic N) is 4. The molecule has 1 aromatic carbocycles. The summed E-state index contributed by atoms with van der Waals surface area (Å²) in [5.74, 6) is -1.28. The lowest BCUT2D eigenvalue weighted by Gasteiger charge is -2.19. The monoisotopic (exact) mass is 308 g/mol. The van der Waals surface area contributed by atoms with Gasteiger partial charge in [0.2, 0.25) is 0 Å². The Bertz CT molecular complexity index is 722. The van der Waals surface area contributed by atoms with E-state index in [9.17, 15) is 14.9 Å². The van der Waals surface area contributed by atoms with Gasteiger partial charge in [-0.2, -0.15) is 0 Å². The van der Waals surface area contributed by atoms with Gasteiger partial charge in [-0.15, -0.1) is 0 Å². The molecule has 0 atom stereocenters. The molecule has 8 nitrogen and oxygen atoms in total. The lowest BCUT2D eigenvalue weighted by Crippen LogP contribution is -2.18. The lowest BCUT2D eigenvalue weighted by molar-refractivity contribution is -0.384. The fourth-order valence-electron chi connectivity index (χ4n) is 1.77. The maximum Gasteiger partial charge on any atom is 0.358 e. The van der Waals surface area contributed by atoms with Crippen LogP contribution in [0.25, 0.3) is 0 Å². The van der Waals surface area contributed by atoms with Crippen LogP contribution < -0.4 is 4.90 Å². The standard InChI is InChI=1S/C12H9ClN4O4/c1-16(11-10(12(18)19)14-4-5-15-11)8-3-2-7(13)6-9(8)17(20)21/h2-6H,1H3,(H,18,19). The molecule has 21 heavy (non-hydrogen) atoms. The molecule has 1 aromatic heterocycles. The van der Waals surface area contributed by atoms with E-state index in [4.69, 9.17) is 16.7 Å². The Morgan fingerprint density at radius 3 is 2.67 bits per heavy atom. The van der Waals surface area contributed by atoms with Crippen molar-refractivity contribution in [3.8, 4) is 0 Å². The molecule has 0 fully saturated rings. The Morgan fingerprint density at radius 1 is 1.38 bits per heavy atom. The summed E-state index contributed by atoms with van der Waals surface area (Å²) in [5, 5.41) is 20.4. The first-order valence-electron chi connectivity index (χ1n) is 5.63. The number of nitro benzene ring substituents is 1. The molecule has 0 spiro atoms. The van der Waals surface area contributed by atoms with Crippen LogP contribution >= 0.6 is 11.6 Å². The first-order chi connectivity index (χ1) is 9.91. The van der Waals surface area contributed by atoms with E-state index in [-0.39, 0.29) is 27.9 Å². The first-order valence-corrected chi connectivity index (χ1v) is 6.01. The van der Waals surface area contributed by atoms with Crippen molar-refractivity contribution in [1.82, 2.24) is 9.97 Å². The van der Waals surface area contributed by atoms with Crippen LogP contribution in [0, 0.1) is 10.1 Å². The quantitative estimate of drug-likeness (QED) is 0.682. The van der Waals surface area contributed by atoms with Crippen molar-refractivity contribution in [1.29, 1.82) is 0 Å². The van der Waals surface area contributed by atoms with Crippen LogP contribution in [0.2, 0.25) is 5.02 Å². The number of hydrogen-bond acceptors (Lipinski definition) is 6. The molecule has 0 aliphatic heterocycles. The summed E-state index contributed by atoms with van der Waals surface area (Å²) < 4.78 is 0. The fourth-order valence-corrected chi connectivity index (χ4v) is 1.93. The molecule has 1 heterocycles. The van der Waals surface area contributed by atoms with Crippen molar-refractivity contribution in [2.24, 2.45) is 0 Å². The zero-order valence-electron chi connectivity index (χ0n) is 10.7.